The molecule has 1 fully saturated rings. The number of carbonyl (C=O) groups excluding carboxylic acids is 1. The first-order valence-corrected chi connectivity index (χ1v) is 5.28. The monoisotopic (exact) mass is 196 g/mol. The van der Waals surface area contributed by atoms with E-state index in [0.29, 0.717) is 12.3 Å². The number of ketones is 1. The molecular weight excluding hydrogens is 180 g/mol. The van der Waals surface area contributed by atoms with Crippen molar-refractivity contribution in [2.24, 2.45) is 5.92 Å². The van der Waals surface area contributed by atoms with Crippen molar-refractivity contribution in [1.82, 2.24) is 0 Å². The molecule has 0 aromatic carbocycles. The molecule has 0 aromatic rings. The van der Waals surface area contributed by atoms with E-state index in [1.54, 1.807) is 6.26 Å². The summed E-state index contributed by atoms with van der Waals surface area (Å²) >= 11 is 0. The lowest BCUT2D eigenvalue weighted by atomic mass is 9.95. The molecule has 2 aliphatic rings. The summed E-state index contributed by atoms with van der Waals surface area (Å²) in [5.41, 5.74) is 0.864. The smallest absolute Gasteiger partial charge is 0.162 e. The number of Topliss-reactive ketones (excluding diaryl/α,β-unsaturated/α-hetero) is 1. The summed E-state index contributed by atoms with van der Waals surface area (Å²) in [6, 6.07) is 0. The maximum atomic E-state index is 11.8. The molecule has 1 atom stereocenters. The van der Waals surface area contributed by atoms with Gasteiger partial charge in [0.25, 0.3) is 0 Å². The molecule has 3 nitrogen and oxygen atoms in total. The summed E-state index contributed by atoms with van der Waals surface area (Å²) in [6.45, 7) is 2.32. The van der Waals surface area contributed by atoms with Gasteiger partial charge < -0.3 is 9.47 Å². The molecule has 0 saturated carbocycles. The van der Waals surface area contributed by atoms with Crippen LogP contribution in [0.5, 0.6) is 0 Å². The van der Waals surface area contributed by atoms with Gasteiger partial charge in [0.05, 0.1) is 12.9 Å². The molecule has 3 heteroatoms. The molecule has 1 unspecified atom stereocenters. The SMILES string of the molecule is O=C(CC1CCOC1)C1=COCCC1. The first-order chi connectivity index (χ1) is 6.86. The van der Waals surface area contributed by atoms with Gasteiger partial charge >= 0.3 is 0 Å². The number of rotatable bonds is 3. The zero-order valence-electron chi connectivity index (χ0n) is 8.33. The summed E-state index contributed by atoms with van der Waals surface area (Å²) in [7, 11) is 0. The fourth-order valence-electron chi connectivity index (χ4n) is 1.91. The minimum Gasteiger partial charge on any atom is -0.501 e. The lowest BCUT2D eigenvalue weighted by Gasteiger charge is -2.13. The van der Waals surface area contributed by atoms with Gasteiger partial charge in [-0.2, -0.15) is 0 Å². The van der Waals surface area contributed by atoms with Crippen LogP contribution in [0.15, 0.2) is 11.8 Å². The summed E-state index contributed by atoms with van der Waals surface area (Å²) in [5, 5.41) is 0. The Morgan fingerprint density at radius 3 is 3.07 bits per heavy atom. The van der Waals surface area contributed by atoms with Crippen molar-refractivity contribution in [3.05, 3.63) is 11.8 Å². The average molecular weight is 196 g/mol. The van der Waals surface area contributed by atoms with Crippen LogP contribution in [0.2, 0.25) is 0 Å². The number of ether oxygens (including phenoxy) is 2. The zero-order chi connectivity index (χ0) is 9.80. The molecule has 2 rings (SSSR count). The van der Waals surface area contributed by atoms with Gasteiger partial charge in [-0.25, -0.2) is 0 Å². The Bertz CT molecular complexity index is 239. The highest BCUT2D eigenvalue weighted by Crippen LogP contribution is 2.21. The van der Waals surface area contributed by atoms with Gasteiger partial charge in [-0.3, -0.25) is 4.79 Å². The molecule has 0 aliphatic carbocycles. The van der Waals surface area contributed by atoms with Crippen molar-refractivity contribution < 1.29 is 14.3 Å². The van der Waals surface area contributed by atoms with E-state index in [1.807, 2.05) is 0 Å². The first kappa shape index (κ1) is 9.71. The summed E-state index contributed by atoms with van der Waals surface area (Å²) < 4.78 is 10.4. The number of carbonyl (C=O) groups is 1. The second kappa shape index (κ2) is 4.60. The molecular formula is C11H16O3. The van der Waals surface area contributed by atoms with E-state index in [2.05, 4.69) is 0 Å². The zero-order valence-corrected chi connectivity index (χ0v) is 8.33. The van der Waals surface area contributed by atoms with Crippen molar-refractivity contribution in [2.45, 2.75) is 25.7 Å². The molecule has 2 heterocycles. The van der Waals surface area contributed by atoms with Crippen molar-refractivity contribution >= 4 is 5.78 Å². The van der Waals surface area contributed by atoms with Crippen LogP contribution in [0.25, 0.3) is 0 Å². The Balaban J connectivity index is 1.84. The molecule has 0 N–H and O–H groups in total. The molecule has 0 spiro atoms. The van der Waals surface area contributed by atoms with Gasteiger partial charge in [-0.05, 0) is 25.2 Å². The fraction of sp³-hybridized carbons (Fsp3) is 0.727. The van der Waals surface area contributed by atoms with Crippen LogP contribution in [-0.4, -0.2) is 25.6 Å². The molecule has 2 aliphatic heterocycles. The Kier molecular flexibility index (Phi) is 3.19. The van der Waals surface area contributed by atoms with Gasteiger partial charge in [-0.15, -0.1) is 0 Å². The van der Waals surface area contributed by atoms with Gasteiger partial charge in [0.2, 0.25) is 0 Å². The van der Waals surface area contributed by atoms with Gasteiger partial charge in [0, 0.05) is 25.2 Å². The third-order valence-corrected chi connectivity index (χ3v) is 2.79. The van der Waals surface area contributed by atoms with Crippen LogP contribution in [0.3, 0.4) is 0 Å². The van der Waals surface area contributed by atoms with Crippen molar-refractivity contribution in [2.75, 3.05) is 19.8 Å². The number of hydrogen-bond donors (Lipinski definition) is 0. The lowest BCUT2D eigenvalue weighted by molar-refractivity contribution is -0.117. The minimum absolute atomic E-state index is 0.250. The topological polar surface area (TPSA) is 35.5 Å². The maximum absolute atomic E-state index is 11.8. The molecule has 14 heavy (non-hydrogen) atoms. The molecule has 0 aromatic heterocycles. The summed E-state index contributed by atoms with van der Waals surface area (Å²) in [6.07, 6.45) is 5.15. The van der Waals surface area contributed by atoms with Crippen LogP contribution >= 0.6 is 0 Å². The minimum atomic E-state index is 0.250. The molecule has 0 amide bonds. The van der Waals surface area contributed by atoms with E-state index in [4.69, 9.17) is 9.47 Å². The quantitative estimate of drug-likeness (QED) is 0.689. The van der Waals surface area contributed by atoms with Crippen LogP contribution < -0.4 is 0 Å². The van der Waals surface area contributed by atoms with Crippen LogP contribution in [-0.2, 0) is 14.3 Å². The lowest BCUT2D eigenvalue weighted by Crippen LogP contribution is -2.13. The molecule has 78 valence electrons. The van der Waals surface area contributed by atoms with Crippen molar-refractivity contribution in [3.8, 4) is 0 Å². The first-order valence-electron chi connectivity index (χ1n) is 5.28. The third-order valence-electron chi connectivity index (χ3n) is 2.79. The Morgan fingerprint density at radius 2 is 2.43 bits per heavy atom. The van der Waals surface area contributed by atoms with Gasteiger partial charge in [0.15, 0.2) is 5.78 Å². The van der Waals surface area contributed by atoms with Gasteiger partial charge in [0.1, 0.15) is 0 Å². The Hall–Kier alpha value is -0.830. The molecule has 0 bridgehead atoms. The predicted octanol–water partition coefficient (Wildman–Crippen LogP) is 1.68. The maximum Gasteiger partial charge on any atom is 0.162 e. The molecule has 1 saturated heterocycles. The average Bonchev–Trinajstić information content (AvgIpc) is 2.72. The molecule has 0 radical (unpaired) electrons. The van der Waals surface area contributed by atoms with Crippen LogP contribution in [0.1, 0.15) is 25.7 Å². The Morgan fingerprint density at radius 1 is 1.50 bits per heavy atom. The predicted molar refractivity (Wildman–Crippen MR) is 51.8 cm³/mol. The Labute approximate surface area is 84.1 Å². The highest BCUT2D eigenvalue weighted by molar-refractivity contribution is 5.95. The van der Waals surface area contributed by atoms with E-state index >= 15 is 0 Å². The van der Waals surface area contributed by atoms with E-state index in [0.717, 1.165) is 44.7 Å². The van der Waals surface area contributed by atoms with Crippen molar-refractivity contribution in [3.63, 3.8) is 0 Å². The van der Waals surface area contributed by atoms with Crippen molar-refractivity contribution in [1.29, 1.82) is 0 Å². The summed E-state index contributed by atoms with van der Waals surface area (Å²) in [5.74, 6) is 0.686. The second-order valence-electron chi connectivity index (χ2n) is 3.97. The van der Waals surface area contributed by atoms with E-state index in [9.17, 15) is 4.79 Å². The second-order valence-corrected chi connectivity index (χ2v) is 3.97. The van der Waals surface area contributed by atoms with Crippen LogP contribution in [0, 0.1) is 5.92 Å². The number of hydrogen-bond acceptors (Lipinski definition) is 3. The largest absolute Gasteiger partial charge is 0.501 e. The highest BCUT2D eigenvalue weighted by atomic mass is 16.5. The third kappa shape index (κ3) is 2.35. The summed E-state index contributed by atoms with van der Waals surface area (Å²) in [4.78, 5) is 11.8. The van der Waals surface area contributed by atoms with Gasteiger partial charge in [-0.1, -0.05) is 0 Å². The standard InChI is InChI=1S/C11H16O3/c12-11(6-9-3-5-14-7-9)10-2-1-4-13-8-10/h8-9H,1-7H2. The van der Waals surface area contributed by atoms with E-state index in [-0.39, 0.29) is 5.78 Å². The number of allylic oxidation sites excluding steroid dienone is 1. The van der Waals surface area contributed by atoms with Crippen LogP contribution in [0.4, 0.5) is 0 Å². The normalized spacial score (nSPS) is 26.9. The fourth-order valence-corrected chi connectivity index (χ4v) is 1.91. The highest BCUT2D eigenvalue weighted by Gasteiger charge is 2.21. The van der Waals surface area contributed by atoms with E-state index < -0.39 is 0 Å². The van der Waals surface area contributed by atoms with E-state index in [1.165, 1.54) is 0 Å².